The van der Waals surface area contributed by atoms with Crippen LogP contribution in [0.25, 0.3) is 0 Å². The van der Waals surface area contributed by atoms with Gasteiger partial charge in [-0.1, -0.05) is 43.9 Å². The molecule has 106 valence electrons. The molecule has 0 bridgehead atoms. The molecule has 1 aromatic carbocycles. The average Bonchev–Trinajstić information content (AvgIpc) is 2.88. The Hall–Kier alpha value is -1.03. The van der Waals surface area contributed by atoms with E-state index in [1.165, 1.54) is 25.0 Å². The number of halogens is 3. The number of benzene rings is 1. The van der Waals surface area contributed by atoms with Crippen LogP contribution in [-0.2, 0) is 6.18 Å². The van der Waals surface area contributed by atoms with Gasteiger partial charge in [-0.25, -0.2) is 0 Å². The summed E-state index contributed by atoms with van der Waals surface area (Å²) >= 11 is 0. The molecule has 0 saturated heterocycles. The van der Waals surface area contributed by atoms with Gasteiger partial charge >= 0.3 is 6.18 Å². The van der Waals surface area contributed by atoms with E-state index in [2.05, 4.69) is 0 Å². The van der Waals surface area contributed by atoms with Crippen molar-refractivity contribution < 1.29 is 18.3 Å². The lowest BCUT2D eigenvalue weighted by Crippen LogP contribution is -2.12. The Labute approximate surface area is 111 Å². The first-order chi connectivity index (χ1) is 8.98. The maximum atomic E-state index is 12.8. The molecule has 0 aliphatic heterocycles. The summed E-state index contributed by atoms with van der Waals surface area (Å²) in [6.07, 6.45) is 0.523. The van der Waals surface area contributed by atoms with E-state index in [0.29, 0.717) is 12.3 Å². The van der Waals surface area contributed by atoms with Crippen LogP contribution in [0.1, 0.15) is 55.8 Å². The zero-order valence-corrected chi connectivity index (χ0v) is 10.8. The molecule has 0 amide bonds. The summed E-state index contributed by atoms with van der Waals surface area (Å²) in [4.78, 5) is 0. The van der Waals surface area contributed by atoms with Crippen molar-refractivity contribution in [3.8, 4) is 0 Å². The van der Waals surface area contributed by atoms with E-state index >= 15 is 0 Å². The van der Waals surface area contributed by atoms with Crippen LogP contribution >= 0.6 is 0 Å². The van der Waals surface area contributed by atoms with Gasteiger partial charge in [-0.2, -0.15) is 13.2 Å². The molecule has 2 rings (SSSR count). The second-order valence-corrected chi connectivity index (χ2v) is 5.33. The highest BCUT2D eigenvalue weighted by Gasteiger charge is 2.34. The van der Waals surface area contributed by atoms with Crippen LogP contribution in [0.2, 0.25) is 0 Å². The Morgan fingerprint density at radius 3 is 2.42 bits per heavy atom. The van der Waals surface area contributed by atoms with Gasteiger partial charge in [-0.05, 0) is 30.4 Å². The molecule has 0 spiro atoms. The molecule has 1 fully saturated rings. The number of aliphatic hydroxyl groups excluding tert-OH is 1. The topological polar surface area (TPSA) is 20.2 Å². The Bertz CT molecular complexity index is 408. The molecule has 1 atom stereocenters. The fraction of sp³-hybridized carbons (Fsp3) is 0.600. The van der Waals surface area contributed by atoms with Crippen molar-refractivity contribution in [3.63, 3.8) is 0 Å². The van der Waals surface area contributed by atoms with Gasteiger partial charge in [0.2, 0.25) is 0 Å². The minimum absolute atomic E-state index is 0.00740. The normalized spacial score (nSPS) is 18.7. The van der Waals surface area contributed by atoms with Crippen molar-refractivity contribution in [1.82, 2.24) is 0 Å². The van der Waals surface area contributed by atoms with E-state index in [4.69, 9.17) is 0 Å². The van der Waals surface area contributed by atoms with Gasteiger partial charge in [0, 0.05) is 0 Å². The fourth-order valence-electron chi connectivity index (χ4n) is 2.89. The van der Waals surface area contributed by atoms with Crippen LogP contribution in [0.3, 0.4) is 0 Å². The molecular weight excluding hydrogens is 253 g/mol. The minimum atomic E-state index is -4.40. The molecule has 1 unspecified atom stereocenters. The lowest BCUT2D eigenvalue weighted by atomic mass is 9.94. The Balaban J connectivity index is 2.03. The predicted octanol–water partition coefficient (Wildman–Crippen LogP) is 4.71. The SMILES string of the molecule is OC(CCC1CCCC1)c1ccccc1C(F)(F)F. The molecule has 1 nitrogen and oxygen atoms in total. The first-order valence-electron chi connectivity index (χ1n) is 6.82. The van der Waals surface area contributed by atoms with Gasteiger partial charge in [-0.15, -0.1) is 0 Å². The van der Waals surface area contributed by atoms with Crippen LogP contribution < -0.4 is 0 Å². The molecule has 0 radical (unpaired) electrons. The van der Waals surface area contributed by atoms with E-state index in [9.17, 15) is 18.3 Å². The zero-order valence-electron chi connectivity index (χ0n) is 10.8. The molecule has 1 saturated carbocycles. The summed E-state index contributed by atoms with van der Waals surface area (Å²) in [6, 6.07) is 5.32. The van der Waals surface area contributed by atoms with Crippen LogP contribution in [-0.4, -0.2) is 5.11 Å². The van der Waals surface area contributed by atoms with E-state index in [0.717, 1.165) is 25.3 Å². The third-order valence-corrected chi connectivity index (χ3v) is 3.95. The summed E-state index contributed by atoms with van der Waals surface area (Å²) in [5, 5.41) is 10.0. The van der Waals surface area contributed by atoms with Crippen LogP contribution in [0.5, 0.6) is 0 Å². The van der Waals surface area contributed by atoms with Crippen molar-refractivity contribution in [2.75, 3.05) is 0 Å². The second-order valence-electron chi connectivity index (χ2n) is 5.33. The molecule has 0 aromatic heterocycles. The van der Waals surface area contributed by atoms with E-state index in [-0.39, 0.29) is 5.56 Å². The summed E-state index contributed by atoms with van der Waals surface area (Å²) in [5.41, 5.74) is -0.707. The van der Waals surface area contributed by atoms with Gasteiger partial charge in [0.1, 0.15) is 0 Å². The van der Waals surface area contributed by atoms with E-state index in [1.807, 2.05) is 0 Å². The van der Waals surface area contributed by atoms with Crippen molar-refractivity contribution in [1.29, 1.82) is 0 Å². The number of hydrogen-bond donors (Lipinski definition) is 1. The molecule has 1 aliphatic rings. The van der Waals surface area contributed by atoms with Gasteiger partial charge in [0.15, 0.2) is 0 Å². The zero-order chi connectivity index (χ0) is 13.9. The third-order valence-electron chi connectivity index (χ3n) is 3.95. The molecule has 1 aromatic rings. The van der Waals surface area contributed by atoms with Crippen molar-refractivity contribution in [2.24, 2.45) is 5.92 Å². The smallest absolute Gasteiger partial charge is 0.388 e. The number of hydrogen-bond acceptors (Lipinski definition) is 1. The lowest BCUT2D eigenvalue weighted by molar-refractivity contribution is -0.139. The summed E-state index contributed by atoms with van der Waals surface area (Å²) in [5.74, 6) is 0.577. The Kier molecular flexibility index (Phi) is 4.50. The highest BCUT2D eigenvalue weighted by molar-refractivity contribution is 5.31. The van der Waals surface area contributed by atoms with Crippen molar-refractivity contribution in [2.45, 2.75) is 50.8 Å². The maximum Gasteiger partial charge on any atom is 0.416 e. The summed E-state index contributed by atoms with van der Waals surface area (Å²) < 4.78 is 38.5. The molecule has 1 N–H and O–H groups in total. The molecule has 1 aliphatic carbocycles. The van der Waals surface area contributed by atoms with Gasteiger partial charge in [0.25, 0.3) is 0 Å². The van der Waals surface area contributed by atoms with Crippen LogP contribution in [0.15, 0.2) is 24.3 Å². The van der Waals surface area contributed by atoms with Crippen LogP contribution in [0.4, 0.5) is 13.2 Å². The maximum absolute atomic E-state index is 12.8. The monoisotopic (exact) mass is 272 g/mol. The second kappa shape index (κ2) is 5.95. The number of alkyl halides is 3. The highest BCUT2D eigenvalue weighted by Crippen LogP contribution is 2.37. The summed E-state index contributed by atoms with van der Waals surface area (Å²) in [6.45, 7) is 0. The van der Waals surface area contributed by atoms with E-state index < -0.39 is 17.8 Å². The lowest BCUT2D eigenvalue weighted by Gasteiger charge is -2.18. The Morgan fingerprint density at radius 2 is 1.79 bits per heavy atom. The van der Waals surface area contributed by atoms with Gasteiger partial charge in [0.05, 0.1) is 11.7 Å². The first kappa shape index (κ1) is 14.4. The minimum Gasteiger partial charge on any atom is -0.388 e. The number of rotatable bonds is 4. The van der Waals surface area contributed by atoms with Crippen LogP contribution in [0, 0.1) is 5.92 Å². The molecular formula is C15H19F3O. The standard InChI is InChI=1S/C15H19F3O/c16-15(17,18)13-8-4-3-7-12(13)14(19)10-9-11-5-1-2-6-11/h3-4,7-8,11,14,19H,1-2,5-6,9-10H2. The Morgan fingerprint density at radius 1 is 1.16 bits per heavy atom. The molecule has 19 heavy (non-hydrogen) atoms. The van der Waals surface area contributed by atoms with Gasteiger partial charge < -0.3 is 5.11 Å². The largest absolute Gasteiger partial charge is 0.416 e. The molecule has 4 heteroatoms. The van der Waals surface area contributed by atoms with Gasteiger partial charge in [-0.3, -0.25) is 0 Å². The van der Waals surface area contributed by atoms with Crippen molar-refractivity contribution >= 4 is 0 Å². The predicted molar refractivity (Wildman–Crippen MR) is 67.6 cm³/mol. The van der Waals surface area contributed by atoms with E-state index in [1.54, 1.807) is 6.07 Å². The average molecular weight is 272 g/mol. The number of aliphatic hydroxyl groups is 1. The first-order valence-corrected chi connectivity index (χ1v) is 6.82. The quantitative estimate of drug-likeness (QED) is 0.841. The third kappa shape index (κ3) is 3.72. The molecule has 0 heterocycles. The fourth-order valence-corrected chi connectivity index (χ4v) is 2.89. The highest BCUT2D eigenvalue weighted by atomic mass is 19.4. The van der Waals surface area contributed by atoms with Crippen molar-refractivity contribution in [3.05, 3.63) is 35.4 Å². The summed E-state index contributed by atoms with van der Waals surface area (Å²) in [7, 11) is 0.